The van der Waals surface area contributed by atoms with Gasteiger partial charge in [0.1, 0.15) is 5.54 Å². The van der Waals surface area contributed by atoms with Gasteiger partial charge in [0.05, 0.1) is 6.61 Å². The maximum Gasteiger partial charge on any atom is 0.328 e. The van der Waals surface area contributed by atoms with Crippen molar-refractivity contribution in [2.75, 3.05) is 26.8 Å². The van der Waals surface area contributed by atoms with Crippen LogP contribution in [0.25, 0.3) is 0 Å². The summed E-state index contributed by atoms with van der Waals surface area (Å²) < 4.78 is 5.02. The van der Waals surface area contributed by atoms with Gasteiger partial charge in [-0.05, 0) is 25.8 Å². The van der Waals surface area contributed by atoms with Crippen molar-refractivity contribution in [2.24, 2.45) is 0 Å². The summed E-state index contributed by atoms with van der Waals surface area (Å²) >= 11 is 0. The van der Waals surface area contributed by atoms with Gasteiger partial charge in [-0.15, -0.1) is 0 Å². The van der Waals surface area contributed by atoms with E-state index in [0.717, 1.165) is 6.42 Å². The molecular formula is C12H20N2O4. The fourth-order valence-electron chi connectivity index (χ4n) is 1.61. The number of urea groups is 1. The summed E-state index contributed by atoms with van der Waals surface area (Å²) in [5.74, 6) is -1.05. The molecule has 0 saturated carbocycles. The number of nitrogens with zero attached hydrogens (tertiary/aromatic N) is 1. The van der Waals surface area contributed by atoms with Crippen molar-refractivity contribution in [3.8, 4) is 0 Å². The molecule has 6 heteroatoms. The van der Waals surface area contributed by atoms with Crippen LogP contribution in [-0.2, 0) is 9.53 Å². The highest BCUT2D eigenvalue weighted by Gasteiger charge is 2.31. The van der Waals surface area contributed by atoms with E-state index in [9.17, 15) is 9.59 Å². The summed E-state index contributed by atoms with van der Waals surface area (Å²) in [4.78, 5) is 24.4. The molecule has 1 heterocycles. The summed E-state index contributed by atoms with van der Waals surface area (Å²) in [6, 6.07) is -0.352. The largest absolute Gasteiger partial charge is 0.480 e. The van der Waals surface area contributed by atoms with Gasteiger partial charge in [0.25, 0.3) is 0 Å². The first kappa shape index (κ1) is 14.5. The van der Waals surface area contributed by atoms with E-state index in [1.165, 1.54) is 19.4 Å². The average Bonchev–Trinajstić information content (AvgIpc) is 2.29. The molecule has 0 fully saturated rings. The van der Waals surface area contributed by atoms with E-state index < -0.39 is 11.5 Å². The number of nitrogens with one attached hydrogen (secondary N) is 1. The zero-order valence-corrected chi connectivity index (χ0v) is 11.0. The van der Waals surface area contributed by atoms with Crippen molar-refractivity contribution in [2.45, 2.75) is 25.8 Å². The second-order valence-electron chi connectivity index (χ2n) is 4.85. The fourth-order valence-corrected chi connectivity index (χ4v) is 1.61. The summed E-state index contributed by atoms with van der Waals surface area (Å²) in [7, 11) is 1.63. The van der Waals surface area contributed by atoms with Gasteiger partial charge < -0.3 is 20.1 Å². The van der Waals surface area contributed by atoms with Crippen LogP contribution in [0, 0.1) is 0 Å². The molecule has 0 radical (unpaired) electrons. The van der Waals surface area contributed by atoms with Crippen LogP contribution in [0.4, 0.5) is 4.79 Å². The van der Waals surface area contributed by atoms with Gasteiger partial charge in [0, 0.05) is 20.2 Å². The van der Waals surface area contributed by atoms with Crippen molar-refractivity contribution < 1.29 is 19.4 Å². The number of carboxylic acid groups (broad SMARTS) is 1. The van der Waals surface area contributed by atoms with Crippen molar-refractivity contribution in [1.29, 1.82) is 0 Å². The summed E-state index contributed by atoms with van der Waals surface area (Å²) in [6.45, 7) is 4.57. The molecule has 0 spiro atoms. The van der Waals surface area contributed by atoms with Gasteiger partial charge in [0.2, 0.25) is 0 Å². The lowest BCUT2D eigenvalue weighted by molar-refractivity contribution is -0.143. The minimum atomic E-state index is -1.26. The van der Waals surface area contributed by atoms with Gasteiger partial charge in [-0.3, -0.25) is 0 Å². The van der Waals surface area contributed by atoms with Gasteiger partial charge in [-0.25, -0.2) is 9.59 Å². The summed E-state index contributed by atoms with van der Waals surface area (Å²) in [5.41, 5.74) is -0.0906. The Labute approximate surface area is 107 Å². The third-order valence-corrected chi connectivity index (χ3v) is 2.87. The zero-order valence-electron chi connectivity index (χ0n) is 11.0. The highest BCUT2D eigenvalue weighted by Crippen LogP contribution is 2.12. The molecule has 6 nitrogen and oxygen atoms in total. The highest BCUT2D eigenvalue weighted by atomic mass is 16.5. The minimum absolute atomic E-state index is 0.352. The van der Waals surface area contributed by atoms with E-state index in [4.69, 9.17) is 9.84 Å². The number of rotatable bonds is 4. The van der Waals surface area contributed by atoms with Crippen LogP contribution in [0.5, 0.6) is 0 Å². The quantitative estimate of drug-likeness (QED) is 0.730. The Kier molecular flexibility index (Phi) is 4.72. The van der Waals surface area contributed by atoms with Gasteiger partial charge >= 0.3 is 12.0 Å². The first-order valence-corrected chi connectivity index (χ1v) is 5.84. The van der Waals surface area contributed by atoms with Crippen LogP contribution in [0.15, 0.2) is 11.6 Å². The number of methoxy groups -OCH3 is 1. The smallest absolute Gasteiger partial charge is 0.328 e. The first-order valence-electron chi connectivity index (χ1n) is 5.84. The Morgan fingerprint density at radius 3 is 2.67 bits per heavy atom. The first-order chi connectivity index (χ1) is 8.36. The molecule has 0 saturated heterocycles. The Balaban J connectivity index is 2.53. The molecule has 0 atom stereocenters. The molecule has 0 aromatic carbocycles. The Morgan fingerprint density at radius 2 is 2.22 bits per heavy atom. The third-order valence-electron chi connectivity index (χ3n) is 2.87. The van der Waals surface area contributed by atoms with Crippen molar-refractivity contribution in [3.63, 3.8) is 0 Å². The molecule has 1 aliphatic rings. The minimum Gasteiger partial charge on any atom is -0.480 e. The molecular weight excluding hydrogens is 236 g/mol. The summed E-state index contributed by atoms with van der Waals surface area (Å²) in [6.07, 6.45) is 2.70. The highest BCUT2D eigenvalue weighted by molar-refractivity contribution is 5.85. The molecule has 0 unspecified atom stereocenters. The Morgan fingerprint density at radius 1 is 1.56 bits per heavy atom. The third kappa shape index (κ3) is 3.73. The molecule has 2 N–H and O–H groups in total. The van der Waals surface area contributed by atoms with E-state index in [-0.39, 0.29) is 6.03 Å². The zero-order chi connectivity index (χ0) is 13.8. The number of hydrogen-bond donors (Lipinski definition) is 2. The van der Waals surface area contributed by atoms with Gasteiger partial charge in [0.15, 0.2) is 0 Å². The van der Waals surface area contributed by atoms with Crippen molar-refractivity contribution in [1.82, 2.24) is 10.2 Å². The number of ether oxygens (including phenoxy) is 1. The molecule has 1 aliphatic heterocycles. The number of aliphatic carboxylic acids is 1. The van der Waals surface area contributed by atoms with Crippen LogP contribution >= 0.6 is 0 Å². The van der Waals surface area contributed by atoms with Gasteiger partial charge in [-0.1, -0.05) is 6.08 Å². The maximum atomic E-state index is 11.9. The predicted octanol–water partition coefficient (Wildman–Crippen LogP) is 0.838. The molecule has 0 bridgehead atoms. The molecule has 2 amide bonds. The Bertz CT molecular complexity index is 363. The van der Waals surface area contributed by atoms with Gasteiger partial charge in [-0.2, -0.15) is 0 Å². The van der Waals surface area contributed by atoms with Crippen LogP contribution in [0.2, 0.25) is 0 Å². The SMILES string of the molecule is COCC1=CCN(C(=O)NC(C)(C)C(=O)O)CC1. The molecule has 18 heavy (non-hydrogen) atoms. The summed E-state index contributed by atoms with van der Waals surface area (Å²) in [5, 5.41) is 11.4. The van der Waals surface area contributed by atoms with Crippen LogP contribution in [-0.4, -0.2) is 54.4 Å². The molecule has 0 aromatic heterocycles. The monoisotopic (exact) mass is 256 g/mol. The normalized spacial score (nSPS) is 16.2. The molecule has 0 aromatic rings. The lowest BCUT2D eigenvalue weighted by atomic mass is 10.1. The standard InChI is InChI=1S/C12H20N2O4/c1-12(2,10(15)16)13-11(17)14-6-4-9(5-7-14)8-18-3/h4H,5-8H2,1-3H3,(H,13,17)(H,15,16). The number of hydrogen-bond acceptors (Lipinski definition) is 3. The van der Waals surface area contributed by atoms with Crippen LogP contribution < -0.4 is 5.32 Å². The van der Waals surface area contributed by atoms with Crippen molar-refractivity contribution >= 4 is 12.0 Å². The number of carboxylic acids is 1. The maximum absolute atomic E-state index is 11.9. The predicted molar refractivity (Wildman–Crippen MR) is 66.4 cm³/mol. The van der Waals surface area contributed by atoms with Crippen LogP contribution in [0.3, 0.4) is 0 Å². The van der Waals surface area contributed by atoms with E-state index in [2.05, 4.69) is 5.32 Å². The molecule has 0 aliphatic carbocycles. The lowest BCUT2D eigenvalue weighted by Crippen LogP contribution is -2.54. The lowest BCUT2D eigenvalue weighted by Gasteiger charge is -2.30. The number of carbonyl (C=O) groups is 2. The second kappa shape index (κ2) is 5.86. The van der Waals surface area contributed by atoms with E-state index in [0.29, 0.717) is 19.7 Å². The molecule has 1 rings (SSSR count). The van der Waals surface area contributed by atoms with E-state index >= 15 is 0 Å². The van der Waals surface area contributed by atoms with E-state index in [1.807, 2.05) is 6.08 Å². The van der Waals surface area contributed by atoms with E-state index in [1.54, 1.807) is 12.0 Å². The fraction of sp³-hybridized carbons (Fsp3) is 0.667. The topological polar surface area (TPSA) is 78.9 Å². The number of carbonyl (C=O) groups excluding carboxylic acids is 1. The van der Waals surface area contributed by atoms with Crippen molar-refractivity contribution in [3.05, 3.63) is 11.6 Å². The van der Waals surface area contributed by atoms with Crippen LogP contribution in [0.1, 0.15) is 20.3 Å². The molecule has 102 valence electrons. The average molecular weight is 256 g/mol. The second-order valence-corrected chi connectivity index (χ2v) is 4.85. The Hall–Kier alpha value is -1.56. The number of amides is 2.